The highest BCUT2D eigenvalue weighted by atomic mass is 35.5. The van der Waals surface area contributed by atoms with Gasteiger partial charge in [0.1, 0.15) is 5.15 Å². The smallest absolute Gasteiger partial charge is 0.253 e. The minimum absolute atomic E-state index is 0.137. The lowest BCUT2D eigenvalue weighted by Gasteiger charge is -2.13. The lowest BCUT2D eigenvalue weighted by Crippen LogP contribution is -2.26. The molecule has 0 saturated carbocycles. The Morgan fingerprint density at radius 3 is 2.78 bits per heavy atom. The summed E-state index contributed by atoms with van der Waals surface area (Å²) in [7, 11) is 0. The van der Waals surface area contributed by atoms with Crippen LogP contribution >= 0.6 is 11.6 Å². The number of halogens is 1. The van der Waals surface area contributed by atoms with Crippen LogP contribution in [0.5, 0.6) is 0 Å². The highest BCUT2D eigenvalue weighted by Gasteiger charge is 2.11. The maximum absolute atomic E-state index is 11.9. The first kappa shape index (κ1) is 12.5. The van der Waals surface area contributed by atoms with Gasteiger partial charge >= 0.3 is 0 Å². The molecule has 0 aliphatic rings. The largest absolute Gasteiger partial charge is 0.345 e. The second-order valence-electron chi connectivity index (χ2n) is 3.85. The van der Waals surface area contributed by atoms with Gasteiger partial charge in [-0.25, -0.2) is 4.98 Å². The summed E-state index contributed by atoms with van der Waals surface area (Å²) in [6.07, 6.45) is 4.81. The van der Waals surface area contributed by atoms with Crippen LogP contribution in [-0.4, -0.2) is 15.9 Å². The van der Waals surface area contributed by atoms with E-state index < -0.39 is 0 Å². The van der Waals surface area contributed by atoms with Crippen molar-refractivity contribution >= 4 is 17.5 Å². The van der Waals surface area contributed by atoms with Crippen LogP contribution in [-0.2, 0) is 0 Å². The van der Waals surface area contributed by atoms with E-state index in [0.717, 1.165) is 5.56 Å². The monoisotopic (exact) mass is 261 g/mol. The van der Waals surface area contributed by atoms with E-state index in [1.165, 1.54) is 6.20 Å². The number of nitrogens with zero attached hydrogens (tertiary/aromatic N) is 2. The summed E-state index contributed by atoms with van der Waals surface area (Å²) in [6, 6.07) is 6.84. The summed E-state index contributed by atoms with van der Waals surface area (Å²) in [4.78, 5) is 19.8. The van der Waals surface area contributed by atoms with Crippen molar-refractivity contribution in [3.63, 3.8) is 0 Å². The van der Waals surface area contributed by atoms with Crippen LogP contribution in [0.4, 0.5) is 0 Å². The Kier molecular flexibility index (Phi) is 3.89. The molecule has 0 spiro atoms. The van der Waals surface area contributed by atoms with Crippen molar-refractivity contribution in [1.82, 2.24) is 15.3 Å². The minimum atomic E-state index is -0.162. The Bertz CT molecular complexity index is 528. The van der Waals surface area contributed by atoms with Crippen LogP contribution < -0.4 is 5.32 Å². The summed E-state index contributed by atoms with van der Waals surface area (Å²) in [5.74, 6) is -0.162. The molecular weight excluding hydrogens is 250 g/mol. The highest BCUT2D eigenvalue weighted by molar-refractivity contribution is 6.29. The fraction of sp³-hybridized carbons (Fsp3) is 0.154. The molecule has 0 unspecified atom stereocenters. The van der Waals surface area contributed by atoms with Crippen molar-refractivity contribution in [3.05, 3.63) is 59.1 Å². The number of rotatable bonds is 3. The number of pyridine rings is 2. The third-order valence-corrected chi connectivity index (χ3v) is 2.75. The normalized spacial score (nSPS) is 11.9. The molecule has 92 valence electrons. The molecule has 4 nitrogen and oxygen atoms in total. The van der Waals surface area contributed by atoms with E-state index in [9.17, 15) is 4.79 Å². The number of nitrogens with one attached hydrogen (secondary N) is 1. The Morgan fingerprint density at radius 2 is 2.17 bits per heavy atom. The Labute approximate surface area is 110 Å². The van der Waals surface area contributed by atoms with Crippen LogP contribution in [0.2, 0.25) is 5.15 Å². The summed E-state index contributed by atoms with van der Waals surface area (Å²) in [5.41, 5.74) is 1.43. The molecule has 2 rings (SSSR count). The molecule has 0 bridgehead atoms. The van der Waals surface area contributed by atoms with Gasteiger partial charge in [0.25, 0.3) is 5.91 Å². The first-order valence-corrected chi connectivity index (χ1v) is 5.87. The molecule has 1 N–H and O–H groups in total. The van der Waals surface area contributed by atoms with Gasteiger partial charge in [0.15, 0.2) is 0 Å². The van der Waals surface area contributed by atoms with Gasteiger partial charge in [0.2, 0.25) is 0 Å². The molecule has 2 aromatic rings. The number of hydrogen-bond donors (Lipinski definition) is 1. The summed E-state index contributed by atoms with van der Waals surface area (Å²) < 4.78 is 0. The van der Waals surface area contributed by atoms with Crippen LogP contribution in [0.25, 0.3) is 0 Å². The summed E-state index contributed by atoms with van der Waals surface area (Å²) >= 11 is 5.71. The Morgan fingerprint density at radius 1 is 1.33 bits per heavy atom. The fourth-order valence-corrected chi connectivity index (χ4v) is 1.62. The molecule has 0 radical (unpaired) electrons. The van der Waals surface area contributed by atoms with Gasteiger partial charge < -0.3 is 5.32 Å². The van der Waals surface area contributed by atoms with Crippen molar-refractivity contribution in [2.45, 2.75) is 13.0 Å². The van der Waals surface area contributed by atoms with Gasteiger partial charge in [0.05, 0.1) is 11.6 Å². The van der Waals surface area contributed by atoms with Crippen LogP contribution in [0.1, 0.15) is 28.9 Å². The van der Waals surface area contributed by atoms with Crippen molar-refractivity contribution < 1.29 is 4.79 Å². The molecule has 0 aliphatic carbocycles. The third kappa shape index (κ3) is 3.05. The predicted octanol–water partition coefficient (Wildman–Crippen LogP) is 2.62. The van der Waals surface area contributed by atoms with Gasteiger partial charge in [-0.3, -0.25) is 9.78 Å². The third-order valence-electron chi connectivity index (χ3n) is 2.52. The number of amides is 1. The van der Waals surface area contributed by atoms with Gasteiger partial charge in [-0.15, -0.1) is 0 Å². The summed E-state index contributed by atoms with van der Waals surface area (Å²) in [6.45, 7) is 1.89. The van der Waals surface area contributed by atoms with Gasteiger partial charge in [-0.2, -0.15) is 0 Å². The standard InChI is InChI=1S/C13H12ClN3O/c1-9(10-4-5-12(14)16-8-10)17-13(18)11-3-2-6-15-7-11/h2-9H,1H3,(H,17,18)/t9-/m1/s1. The van der Waals surface area contributed by atoms with Crippen LogP contribution in [0.3, 0.4) is 0 Å². The van der Waals surface area contributed by atoms with Gasteiger partial charge in [-0.05, 0) is 30.7 Å². The number of hydrogen-bond acceptors (Lipinski definition) is 3. The highest BCUT2D eigenvalue weighted by Crippen LogP contribution is 2.14. The molecule has 2 aromatic heterocycles. The number of carbonyl (C=O) groups is 1. The SMILES string of the molecule is C[C@@H](NC(=O)c1cccnc1)c1ccc(Cl)nc1. The zero-order chi connectivity index (χ0) is 13.0. The molecule has 0 aromatic carbocycles. The van der Waals surface area contributed by atoms with E-state index >= 15 is 0 Å². The van der Waals surface area contributed by atoms with Gasteiger partial charge in [-0.1, -0.05) is 17.7 Å². The van der Waals surface area contributed by atoms with E-state index in [1.807, 2.05) is 13.0 Å². The molecule has 2 heterocycles. The Hall–Kier alpha value is -1.94. The molecule has 0 fully saturated rings. The first-order chi connectivity index (χ1) is 8.66. The van der Waals surface area contributed by atoms with Crippen molar-refractivity contribution in [1.29, 1.82) is 0 Å². The average Bonchev–Trinajstić information content (AvgIpc) is 2.40. The van der Waals surface area contributed by atoms with Crippen molar-refractivity contribution in [2.75, 3.05) is 0 Å². The zero-order valence-electron chi connectivity index (χ0n) is 9.80. The first-order valence-electron chi connectivity index (χ1n) is 5.49. The lowest BCUT2D eigenvalue weighted by molar-refractivity contribution is 0.0939. The second kappa shape index (κ2) is 5.60. The van der Waals surface area contributed by atoms with Crippen molar-refractivity contribution in [3.8, 4) is 0 Å². The molecular formula is C13H12ClN3O. The van der Waals surface area contributed by atoms with E-state index in [0.29, 0.717) is 10.7 Å². The fourth-order valence-electron chi connectivity index (χ4n) is 1.50. The molecule has 18 heavy (non-hydrogen) atoms. The molecule has 1 atom stereocenters. The summed E-state index contributed by atoms with van der Waals surface area (Å²) in [5, 5.41) is 3.30. The lowest BCUT2D eigenvalue weighted by atomic mass is 10.1. The molecule has 0 saturated heterocycles. The molecule has 5 heteroatoms. The number of carbonyl (C=O) groups excluding carboxylic acids is 1. The van der Waals surface area contributed by atoms with Gasteiger partial charge in [0, 0.05) is 18.6 Å². The van der Waals surface area contributed by atoms with E-state index in [1.54, 1.807) is 30.6 Å². The molecule has 0 aliphatic heterocycles. The predicted molar refractivity (Wildman–Crippen MR) is 69.4 cm³/mol. The van der Waals surface area contributed by atoms with E-state index in [-0.39, 0.29) is 11.9 Å². The molecule has 1 amide bonds. The number of aromatic nitrogens is 2. The van der Waals surface area contributed by atoms with E-state index in [4.69, 9.17) is 11.6 Å². The van der Waals surface area contributed by atoms with Crippen molar-refractivity contribution in [2.24, 2.45) is 0 Å². The zero-order valence-corrected chi connectivity index (χ0v) is 10.6. The Balaban J connectivity index is 2.06. The average molecular weight is 262 g/mol. The van der Waals surface area contributed by atoms with E-state index in [2.05, 4.69) is 15.3 Å². The minimum Gasteiger partial charge on any atom is -0.345 e. The quantitative estimate of drug-likeness (QED) is 0.864. The topological polar surface area (TPSA) is 54.9 Å². The second-order valence-corrected chi connectivity index (χ2v) is 4.24. The maximum atomic E-state index is 11.9. The maximum Gasteiger partial charge on any atom is 0.253 e. The van der Waals surface area contributed by atoms with Crippen LogP contribution in [0.15, 0.2) is 42.9 Å². The van der Waals surface area contributed by atoms with Crippen LogP contribution in [0, 0.1) is 0 Å².